The average molecular weight is 342 g/mol. The SMILES string of the molecule is CCC1CCCCN1C(=O)C1CC(=O)N(c2ccc(C(C)C)cc2)C1. The van der Waals surface area contributed by atoms with Gasteiger partial charge in [-0.2, -0.15) is 0 Å². The van der Waals surface area contributed by atoms with Gasteiger partial charge in [0.05, 0.1) is 5.92 Å². The number of carbonyl (C=O) groups excluding carboxylic acids is 2. The number of hydrogen-bond donors (Lipinski definition) is 0. The molecule has 2 amide bonds. The normalized spacial score (nSPS) is 24.2. The van der Waals surface area contributed by atoms with E-state index in [2.05, 4.69) is 32.9 Å². The van der Waals surface area contributed by atoms with Crippen molar-refractivity contribution in [2.75, 3.05) is 18.0 Å². The van der Waals surface area contributed by atoms with Crippen LogP contribution in [0.3, 0.4) is 0 Å². The van der Waals surface area contributed by atoms with E-state index in [4.69, 9.17) is 0 Å². The first-order valence-corrected chi connectivity index (χ1v) is 9.72. The molecule has 2 atom stereocenters. The third-order valence-electron chi connectivity index (χ3n) is 5.73. The van der Waals surface area contributed by atoms with Gasteiger partial charge < -0.3 is 9.80 Å². The minimum absolute atomic E-state index is 0.0701. The highest BCUT2D eigenvalue weighted by atomic mass is 16.2. The van der Waals surface area contributed by atoms with Gasteiger partial charge in [0.1, 0.15) is 0 Å². The first-order chi connectivity index (χ1) is 12.0. The smallest absolute Gasteiger partial charge is 0.228 e. The van der Waals surface area contributed by atoms with E-state index in [-0.39, 0.29) is 17.7 Å². The highest BCUT2D eigenvalue weighted by Crippen LogP contribution is 2.30. The summed E-state index contributed by atoms with van der Waals surface area (Å²) < 4.78 is 0. The zero-order chi connectivity index (χ0) is 18.0. The number of benzene rings is 1. The highest BCUT2D eigenvalue weighted by Gasteiger charge is 2.39. The Morgan fingerprint density at radius 2 is 1.92 bits per heavy atom. The van der Waals surface area contributed by atoms with Crippen molar-refractivity contribution in [3.05, 3.63) is 29.8 Å². The van der Waals surface area contributed by atoms with Crippen LogP contribution in [0, 0.1) is 5.92 Å². The fourth-order valence-electron chi connectivity index (χ4n) is 4.11. The molecule has 4 nitrogen and oxygen atoms in total. The van der Waals surface area contributed by atoms with Crippen LogP contribution in [0.25, 0.3) is 0 Å². The van der Waals surface area contributed by atoms with Gasteiger partial charge in [-0.15, -0.1) is 0 Å². The Bertz CT molecular complexity index is 623. The van der Waals surface area contributed by atoms with E-state index >= 15 is 0 Å². The summed E-state index contributed by atoms with van der Waals surface area (Å²) in [5.41, 5.74) is 2.18. The first-order valence-electron chi connectivity index (χ1n) is 9.72. The maximum atomic E-state index is 13.0. The number of rotatable bonds is 4. The van der Waals surface area contributed by atoms with Crippen LogP contribution in [0.1, 0.15) is 64.4 Å². The minimum Gasteiger partial charge on any atom is -0.339 e. The topological polar surface area (TPSA) is 40.6 Å². The summed E-state index contributed by atoms with van der Waals surface area (Å²) in [4.78, 5) is 29.3. The van der Waals surface area contributed by atoms with Crippen LogP contribution in [0.2, 0.25) is 0 Å². The molecule has 0 bridgehead atoms. The van der Waals surface area contributed by atoms with Gasteiger partial charge >= 0.3 is 0 Å². The molecule has 2 fully saturated rings. The van der Waals surface area contributed by atoms with Crippen LogP contribution in [0.5, 0.6) is 0 Å². The second-order valence-corrected chi connectivity index (χ2v) is 7.74. The quantitative estimate of drug-likeness (QED) is 0.831. The summed E-state index contributed by atoms with van der Waals surface area (Å²) >= 11 is 0. The highest BCUT2D eigenvalue weighted by molar-refractivity contribution is 6.00. The van der Waals surface area contributed by atoms with Crippen LogP contribution >= 0.6 is 0 Å². The van der Waals surface area contributed by atoms with Crippen LogP contribution in [-0.4, -0.2) is 35.8 Å². The molecule has 0 aromatic heterocycles. The van der Waals surface area contributed by atoms with Crippen molar-refractivity contribution in [3.63, 3.8) is 0 Å². The van der Waals surface area contributed by atoms with Crippen molar-refractivity contribution in [2.24, 2.45) is 5.92 Å². The molecule has 2 unspecified atom stereocenters. The van der Waals surface area contributed by atoms with E-state index in [1.807, 2.05) is 17.0 Å². The Labute approximate surface area is 151 Å². The maximum absolute atomic E-state index is 13.0. The van der Waals surface area contributed by atoms with Gasteiger partial charge in [-0.25, -0.2) is 0 Å². The molecule has 2 aliphatic rings. The van der Waals surface area contributed by atoms with Gasteiger partial charge in [0.2, 0.25) is 11.8 Å². The molecule has 0 aliphatic carbocycles. The monoisotopic (exact) mass is 342 g/mol. The molecule has 1 aromatic rings. The van der Waals surface area contributed by atoms with E-state index < -0.39 is 0 Å². The summed E-state index contributed by atoms with van der Waals surface area (Å²) in [5.74, 6) is 0.536. The Balaban J connectivity index is 1.70. The lowest BCUT2D eigenvalue weighted by Gasteiger charge is -2.36. The van der Waals surface area contributed by atoms with Crippen molar-refractivity contribution in [2.45, 2.75) is 64.8 Å². The van der Waals surface area contributed by atoms with Gasteiger partial charge in [-0.3, -0.25) is 9.59 Å². The first kappa shape index (κ1) is 18.0. The van der Waals surface area contributed by atoms with Gasteiger partial charge in [0, 0.05) is 31.2 Å². The lowest BCUT2D eigenvalue weighted by molar-refractivity contribution is -0.139. The van der Waals surface area contributed by atoms with E-state index in [0.717, 1.165) is 31.5 Å². The summed E-state index contributed by atoms with van der Waals surface area (Å²) in [6.07, 6.45) is 4.75. The predicted octanol–water partition coefficient (Wildman–Crippen LogP) is 3.95. The third-order valence-corrected chi connectivity index (χ3v) is 5.73. The molecule has 25 heavy (non-hydrogen) atoms. The van der Waals surface area contributed by atoms with Crippen LogP contribution < -0.4 is 4.90 Å². The molecule has 2 aliphatic heterocycles. The fourth-order valence-corrected chi connectivity index (χ4v) is 4.11. The summed E-state index contributed by atoms with van der Waals surface area (Å²) in [7, 11) is 0. The Kier molecular flexibility index (Phi) is 5.45. The molecule has 4 heteroatoms. The van der Waals surface area contributed by atoms with Crippen molar-refractivity contribution >= 4 is 17.5 Å². The Hall–Kier alpha value is -1.84. The van der Waals surface area contributed by atoms with E-state index in [1.165, 1.54) is 12.0 Å². The summed E-state index contributed by atoms with van der Waals surface area (Å²) in [5, 5.41) is 0. The van der Waals surface area contributed by atoms with Gasteiger partial charge in [-0.1, -0.05) is 32.9 Å². The predicted molar refractivity (Wildman–Crippen MR) is 101 cm³/mol. The lowest BCUT2D eigenvalue weighted by Crippen LogP contribution is -2.46. The molecule has 0 radical (unpaired) electrons. The van der Waals surface area contributed by atoms with Crippen molar-refractivity contribution in [3.8, 4) is 0 Å². The molecular weight excluding hydrogens is 312 g/mol. The molecule has 136 valence electrons. The number of amides is 2. The minimum atomic E-state index is -0.190. The molecule has 2 heterocycles. The number of carbonyl (C=O) groups is 2. The Morgan fingerprint density at radius 1 is 1.20 bits per heavy atom. The van der Waals surface area contributed by atoms with E-state index in [1.54, 1.807) is 4.90 Å². The largest absolute Gasteiger partial charge is 0.339 e. The lowest BCUT2D eigenvalue weighted by atomic mass is 9.97. The third kappa shape index (κ3) is 3.73. The molecule has 0 N–H and O–H groups in total. The van der Waals surface area contributed by atoms with Crippen LogP contribution in [0.15, 0.2) is 24.3 Å². The van der Waals surface area contributed by atoms with Crippen LogP contribution in [-0.2, 0) is 9.59 Å². The number of hydrogen-bond acceptors (Lipinski definition) is 2. The van der Waals surface area contributed by atoms with Gasteiger partial charge in [0.25, 0.3) is 0 Å². The van der Waals surface area contributed by atoms with Crippen molar-refractivity contribution in [1.29, 1.82) is 0 Å². The zero-order valence-corrected chi connectivity index (χ0v) is 15.7. The molecule has 0 spiro atoms. The van der Waals surface area contributed by atoms with Crippen LogP contribution in [0.4, 0.5) is 5.69 Å². The number of anilines is 1. The summed E-state index contributed by atoms with van der Waals surface area (Å²) in [6.45, 7) is 7.84. The molecule has 2 saturated heterocycles. The van der Waals surface area contributed by atoms with Crippen molar-refractivity contribution in [1.82, 2.24) is 4.90 Å². The average Bonchev–Trinajstić information content (AvgIpc) is 3.02. The second-order valence-electron chi connectivity index (χ2n) is 7.74. The van der Waals surface area contributed by atoms with Gasteiger partial charge in [-0.05, 0) is 49.3 Å². The molecule has 1 aromatic carbocycles. The number of likely N-dealkylation sites (tertiary alicyclic amines) is 1. The van der Waals surface area contributed by atoms with Crippen molar-refractivity contribution < 1.29 is 9.59 Å². The standard InChI is InChI=1S/C21H30N2O2/c1-4-18-7-5-6-12-22(18)21(25)17-13-20(24)23(14-17)19-10-8-16(9-11-19)15(2)3/h8-11,15,17-18H,4-7,12-14H2,1-3H3. The number of piperidine rings is 1. The molecule has 0 saturated carbocycles. The molecular formula is C21H30N2O2. The Morgan fingerprint density at radius 3 is 2.56 bits per heavy atom. The zero-order valence-electron chi connectivity index (χ0n) is 15.7. The van der Waals surface area contributed by atoms with Gasteiger partial charge in [0.15, 0.2) is 0 Å². The second kappa shape index (κ2) is 7.59. The summed E-state index contributed by atoms with van der Waals surface area (Å²) in [6, 6.07) is 8.54. The number of nitrogens with zero attached hydrogens (tertiary/aromatic N) is 2. The molecule has 3 rings (SSSR count). The maximum Gasteiger partial charge on any atom is 0.228 e. The van der Waals surface area contributed by atoms with E-state index in [9.17, 15) is 9.59 Å². The van der Waals surface area contributed by atoms with E-state index in [0.29, 0.717) is 24.9 Å². The fraction of sp³-hybridized carbons (Fsp3) is 0.619.